The number of carbonyl (C=O) groups excluding carboxylic acids is 1. The molecule has 2 N–H and O–H groups in total. The van der Waals surface area contributed by atoms with Gasteiger partial charge in [-0.15, -0.1) is 0 Å². The molecular weight excluding hydrogens is 310 g/mol. The molecule has 0 atom stereocenters. The maximum Gasteiger partial charge on any atom is 0.339 e. The Morgan fingerprint density at radius 3 is 2.71 bits per heavy atom. The molecule has 126 valence electrons. The highest BCUT2D eigenvalue weighted by molar-refractivity contribution is 6.03. The fourth-order valence-electron chi connectivity index (χ4n) is 2.97. The number of carboxylic acids is 1. The zero-order valence-corrected chi connectivity index (χ0v) is 13.4. The predicted molar refractivity (Wildman–Crippen MR) is 87.6 cm³/mol. The van der Waals surface area contributed by atoms with Crippen LogP contribution in [0.25, 0.3) is 0 Å². The summed E-state index contributed by atoms with van der Waals surface area (Å²) in [7, 11) is 1.39. The molecule has 1 aromatic carbocycles. The molecule has 1 heterocycles. The van der Waals surface area contributed by atoms with Gasteiger partial charge < -0.3 is 15.2 Å². The number of methoxy groups -OCH3 is 1. The molecule has 24 heavy (non-hydrogen) atoms. The van der Waals surface area contributed by atoms with E-state index in [0.29, 0.717) is 17.4 Å². The molecule has 0 saturated heterocycles. The van der Waals surface area contributed by atoms with Crippen molar-refractivity contribution in [2.75, 3.05) is 12.4 Å². The first kappa shape index (κ1) is 16.0. The quantitative estimate of drug-likeness (QED) is 0.879. The van der Waals surface area contributed by atoms with Gasteiger partial charge in [0.05, 0.1) is 13.2 Å². The molecule has 1 saturated carbocycles. The van der Waals surface area contributed by atoms with E-state index in [2.05, 4.69) is 10.4 Å². The lowest BCUT2D eigenvalue weighted by molar-refractivity contribution is 0.0693. The lowest BCUT2D eigenvalue weighted by Crippen LogP contribution is -2.14. The Kier molecular flexibility index (Phi) is 4.50. The van der Waals surface area contributed by atoms with Gasteiger partial charge in [-0.2, -0.15) is 5.10 Å². The summed E-state index contributed by atoms with van der Waals surface area (Å²) in [6.07, 6.45) is 6.41. The molecule has 0 aliphatic heterocycles. The van der Waals surface area contributed by atoms with Crippen molar-refractivity contribution in [1.29, 1.82) is 0 Å². The van der Waals surface area contributed by atoms with Gasteiger partial charge in [0, 0.05) is 18.0 Å². The number of hydrogen-bond donors (Lipinski definition) is 2. The van der Waals surface area contributed by atoms with Crippen LogP contribution in [0.15, 0.2) is 30.5 Å². The van der Waals surface area contributed by atoms with E-state index < -0.39 is 5.97 Å². The lowest BCUT2D eigenvalue weighted by Gasteiger charge is -2.10. The van der Waals surface area contributed by atoms with Crippen LogP contribution in [0.5, 0.6) is 5.75 Å². The normalized spacial score (nSPS) is 14.5. The van der Waals surface area contributed by atoms with Crippen molar-refractivity contribution in [3.05, 3.63) is 41.7 Å². The van der Waals surface area contributed by atoms with E-state index in [1.807, 2.05) is 10.9 Å². The molecule has 0 bridgehead atoms. The average Bonchev–Trinajstić information content (AvgIpc) is 3.25. The first-order chi connectivity index (χ1) is 11.6. The van der Waals surface area contributed by atoms with Gasteiger partial charge in [0.1, 0.15) is 11.3 Å². The molecule has 3 rings (SSSR count). The van der Waals surface area contributed by atoms with E-state index in [0.717, 1.165) is 12.8 Å². The highest BCUT2D eigenvalue weighted by Crippen LogP contribution is 2.29. The average molecular weight is 329 g/mol. The first-order valence-electron chi connectivity index (χ1n) is 7.86. The van der Waals surface area contributed by atoms with E-state index >= 15 is 0 Å². The van der Waals surface area contributed by atoms with Crippen molar-refractivity contribution in [3.8, 4) is 5.75 Å². The zero-order valence-electron chi connectivity index (χ0n) is 13.4. The minimum atomic E-state index is -1.08. The van der Waals surface area contributed by atoms with Gasteiger partial charge in [0.25, 0.3) is 5.91 Å². The molecule has 0 radical (unpaired) electrons. The fraction of sp³-hybridized carbons (Fsp3) is 0.353. The second-order valence-electron chi connectivity index (χ2n) is 5.79. The Bertz CT molecular complexity index is 763. The number of amides is 1. The maximum absolute atomic E-state index is 12.3. The number of nitrogens with one attached hydrogen (secondary N) is 1. The van der Waals surface area contributed by atoms with Crippen LogP contribution in [-0.4, -0.2) is 33.9 Å². The molecule has 1 amide bonds. The van der Waals surface area contributed by atoms with E-state index in [9.17, 15) is 9.59 Å². The molecule has 1 aliphatic carbocycles. The Morgan fingerprint density at radius 2 is 2.04 bits per heavy atom. The summed E-state index contributed by atoms with van der Waals surface area (Å²) < 4.78 is 6.91. The van der Waals surface area contributed by atoms with Crippen molar-refractivity contribution >= 4 is 17.6 Å². The van der Waals surface area contributed by atoms with Crippen LogP contribution in [0.2, 0.25) is 0 Å². The number of aromatic nitrogens is 2. The number of carbonyl (C=O) groups is 2. The summed E-state index contributed by atoms with van der Waals surface area (Å²) in [6, 6.07) is 6.47. The topological polar surface area (TPSA) is 93.5 Å². The van der Waals surface area contributed by atoms with Crippen LogP contribution in [0, 0.1) is 0 Å². The fourth-order valence-corrected chi connectivity index (χ4v) is 2.97. The summed E-state index contributed by atoms with van der Waals surface area (Å²) in [4.78, 5) is 23.4. The van der Waals surface area contributed by atoms with Gasteiger partial charge in [0.15, 0.2) is 5.69 Å². The monoisotopic (exact) mass is 329 g/mol. The number of ether oxygens (including phenoxy) is 1. The third-order valence-corrected chi connectivity index (χ3v) is 4.23. The molecule has 0 spiro atoms. The minimum absolute atomic E-state index is 0.0426. The number of hydrogen-bond acceptors (Lipinski definition) is 4. The van der Waals surface area contributed by atoms with Crippen molar-refractivity contribution in [3.63, 3.8) is 0 Å². The summed E-state index contributed by atoms with van der Waals surface area (Å²) in [5, 5.41) is 16.1. The Labute approximate surface area is 139 Å². The van der Waals surface area contributed by atoms with Crippen molar-refractivity contribution in [2.45, 2.75) is 31.7 Å². The number of aromatic carboxylic acids is 1. The Hall–Kier alpha value is -2.83. The molecule has 1 aromatic heterocycles. The molecule has 2 aromatic rings. The minimum Gasteiger partial charge on any atom is -0.496 e. The summed E-state index contributed by atoms with van der Waals surface area (Å²) in [6.45, 7) is 0. The van der Waals surface area contributed by atoms with Gasteiger partial charge in [0.2, 0.25) is 0 Å². The molecule has 7 nitrogen and oxygen atoms in total. The first-order valence-corrected chi connectivity index (χ1v) is 7.86. The molecule has 1 aliphatic rings. The standard InChI is InChI=1S/C17H19N3O4/c1-24-15-10-11(6-7-13(15)17(22)23)18-16(21)14-8-9-20(19-14)12-4-2-3-5-12/h6-10,12H,2-5H2,1H3,(H,18,21)(H,22,23). The van der Waals surface area contributed by atoms with Crippen molar-refractivity contribution in [2.24, 2.45) is 0 Å². The largest absolute Gasteiger partial charge is 0.496 e. The van der Waals surface area contributed by atoms with Crippen LogP contribution < -0.4 is 10.1 Å². The van der Waals surface area contributed by atoms with Crippen LogP contribution in [-0.2, 0) is 0 Å². The third-order valence-electron chi connectivity index (χ3n) is 4.23. The highest BCUT2D eigenvalue weighted by Gasteiger charge is 2.19. The van der Waals surface area contributed by atoms with Crippen LogP contribution in [0.1, 0.15) is 52.6 Å². The van der Waals surface area contributed by atoms with Crippen LogP contribution in [0.3, 0.4) is 0 Å². The van der Waals surface area contributed by atoms with E-state index in [-0.39, 0.29) is 17.2 Å². The number of anilines is 1. The van der Waals surface area contributed by atoms with Gasteiger partial charge in [-0.3, -0.25) is 9.48 Å². The molecule has 7 heteroatoms. The number of nitrogens with zero attached hydrogens (tertiary/aromatic N) is 2. The zero-order chi connectivity index (χ0) is 17.1. The SMILES string of the molecule is COc1cc(NC(=O)c2ccn(C3CCCC3)n2)ccc1C(=O)O. The lowest BCUT2D eigenvalue weighted by atomic mass is 10.2. The van der Waals surface area contributed by atoms with Gasteiger partial charge >= 0.3 is 5.97 Å². The van der Waals surface area contributed by atoms with Gasteiger partial charge in [-0.05, 0) is 31.0 Å². The van der Waals surface area contributed by atoms with Crippen molar-refractivity contribution in [1.82, 2.24) is 9.78 Å². The Morgan fingerprint density at radius 1 is 1.29 bits per heavy atom. The van der Waals surface area contributed by atoms with Crippen LogP contribution in [0.4, 0.5) is 5.69 Å². The summed E-state index contributed by atoms with van der Waals surface area (Å²) >= 11 is 0. The van der Waals surface area contributed by atoms with E-state index in [1.54, 1.807) is 6.07 Å². The second kappa shape index (κ2) is 6.74. The van der Waals surface area contributed by atoms with E-state index in [4.69, 9.17) is 9.84 Å². The van der Waals surface area contributed by atoms with E-state index in [1.165, 1.54) is 38.2 Å². The Balaban J connectivity index is 1.73. The molecule has 1 fully saturated rings. The molecular formula is C17H19N3O4. The molecule has 0 unspecified atom stereocenters. The smallest absolute Gasteiger partial charge is 0.339 e. The number of carboxylic acid groups (broad SMARTS) is 1. The highest BCUT2D eigenvalue weighted by atomic mass is 16.5. The van der Waals surface area contributed by atoms with Gasteiger partial charge in [-0.1, -0.05) is 12.8 Å². The summed E-state index contributed by atoms with van der Waals surface area (Å²) in [5.74, 6) is -1.23. The number of rotatable bonds is 5. The predicted octanol–water partition coefficient (Wildman–Crippen LogP) is 2.96. The number of benzene rings is 1. The maximum atomic E-state index is 12.3. The van der Waals surface area contributed by atoms with Crippen molar-refractivity contribution < 1.29 is 19.4 Å². The summed E-state index contributed by atoms with van der Waals surface area (Å²) in [5.41, 5.74) is 0.835. The second-order valence-corrected chi connectivity index (χ2v) is 5.79. The van der Waals surface area contributed by atoms with Crippen LogP contribution >= 0.6 is 0 Å². The third kappa shape index (κ3) is 3.24. The van der Waals surface area contributed by atoms with Gasteiger partial charge in [-0.25, -0.2) is 4.79 Å².